The fourth-order valence-corrected chi connectivity index (χ4v) is 4.85. The summed E-state index contributed by atoms with van der Waals surface area (Å²) in [6.45, 7) is 11.9. The lowest BCUT2D eigenvalue weighted by atomic mass is 9.75. The van der Waals surface area contributed by atoms with Gasteiger partial charge in [-0.25, -0.2) is 0 Å². The van der Waals surface area contributed by atoms with Gasteiger partial charge in [-0.15, -0.1) is 0 Å². The SMILES string of the molecule is CC1CCCC(N(C)C2(CN)CC(C)(C)OC2(C)C)C1. The number of rotatable bonds is 3. The van der Waals surface area contributed by atoms with Gasteiger partial charge >= 0.3 is 0 Å². The number of nitrogens with two attached hydrogens (primary N) is 1. The topological polar surface area (TPSA) is 38.5 Å². The third-order valence-electron chi connectivity index (χ3n) is 5.84. The zero-order chi connectivity index (χ0) is 15.2. The van der Waals surface area contributed by atoms with Crippen LogP contribution in [-0.2, 0) is 4.74 Å². The summed E-state index contributed by atoms with van der Waals surface area (Å²) in [5.41, 5.74) is 5.96. The molecule has 3 unspecified atom stereocenters. The molecule has 20 heavy (non-hydrogen) atoms. The van der Waals surface area contributed by atoms with Crippen LogP contribution in [0.1, 0.15) is 66.7 Å². The Morgan fingerprint density at radius 3 is 2.30 bits per heavy atom. The van der Waals surface area contributed by atoms with E-state index in [0.29, 0.717) is 12.6 Å². The third kappa shape index (κ3) is 2.65. The van der Waals surface area contributed by atoms with Gasteiger partial charge in [0.1, 0.15) is 0 Å². The van der Waals surface area contributed by atoms with Crippen molar-refractivity contribution in [2.75, 3.05) is 13.6 Å². The summed E-state index contributed by atoms with van der Waals surface area (Å²) < 4.78 is 6.36. The first-order valence-electron chi connectivity index (χ1n) is 8.27. The second-order valence-corrected chi connectivity index (χ2v) is 8.32. The summed E-state index contributed by atoms with van der Waals surface area (Å²) in [6, 6.07) is 0.652. The molecule has 3 nitrogen and oxygen atoms in total. The molecule has 0 bridgehead atoms. The molecule has 1 aliphatic heterocycles. The zero-order valence-electron chi connectivity index (χ0n) is 14.3. The summed E-state index contributed by atoms with van der Waals surface area (Å²) in [5, 5.41) is 0. The molecular formula is C17H34N2O. The van der Waals surface area contributed by atoms with Crippen LogP contribution in [0.5, 0.6) is 0 Å². The molecule has 2 aliphatic rings. The Kier molecular flexibility index (Phi) is 4.27. The molecule has 1 saturated heterocycles. The zero-order valence-corrected chi connectivity index (χ0v) is 14.3. The van der Waals surface area contributed by atoms with Crippen LogP contribution < -0.4 is 5.73 Å². The van der Waals surface area contributed by atoms with Crippen molar-refractivity contribution in [3.8, 4) is 0 Å². The highest BCUT2D eigenvalue weighted by Crippen LogP contribution is 2.49. The van der Waals surface area contributed by atoms with Gasteiger partial charge in [0.15, 0.2) is 0 Å². The van der Waals surface area contributed by atoms with Crippen LogP contribution in [0.4, 0.5) is 0 Å². The molecule has 1 aliphatic carbocycles. The Labute approximate surface area is 125 Å². The van der Waals surface area contributed by atoms with Gasteiger partial charge in [-0.3, -0.25) is 4.90 Å². The van der Waals surface area contributed by atoms with Crippen LogP contribution in [0.3, 0.4) is 0 Å². The van der Waals surface area contributed by atoms with Gasteiger partial charge in [-0.2, -0.15) is 0 Å². The molecule has 2 rings (SSSR count). The Bertz CT molecular complexity index is 353. The average Bonchev–Trinajstić information content (AvgIpc) is 2.53. The van der Waals surface area contributed by atoms with E-state index in [2.05, 4.69) is 46.6 Å². The molecular weight excluding hydrogens is 248 g/mol. The van der Waals surface area contributed by atoms with Crippen molar-refractivity contribution >= 4 is 0 Å². The average molecular weight is 282 g/mol. The van der Waals surface area contributed by atoms with Gasteiger partial charge in [-0.1, -0.05) is 19.8 Å². The molecule has 0 amide bonds. The van der Waals surface area contributed by atoms with E-state index in [1.54, 1.807) is 0 Å². The largest absolute Gasteiger partial charge is 0.368 e. The van der Waals surface area contributed by atoms with E-state index in [9.17, 15) is 0 Å². The van der Waals surface area contributed by atoms with Crippen molar-refractivity contribution in [1.82, 2.24) is 4.90 Å². The minimum absolute atomic E-state index is 0.0434. The van der Waals surface area contributed by atoms with E-state index in [1.807, 2.05) is 0 Å². The summed E-state index contributed by atoms with van der Waals surface area (Å²) in [7, 11) is 2.28. The van der Waals surface area contributed by atoms with Gasteiger partial charge in [0, 0.05) is 12.6 Å². The minimum atomic E-state index is -0.194. The lowest BCUT2D eigenvalue weighted by Crippen LogP contribution is -2.65. The second kappa shape index (κ2) is 5.26. The van der Waals surface area contributed by atoms with Gasteiger partial charge in [0.25, 0.3) is 0 Å². The van der Waals surface area contributed by atoms with Crippen molar-refractivity contribution in [2.24, 2.45) is 11.7 Å². The van der Waals surface area contributed by atoms with Gasteiger partial charge in [-0.05, 0) is 59.9 Å². The van der Waals surface area contributed by atoms with Crippen molar-refractivity contribution in [2.45, 2.75) is 89.5 Å². The second-order valence-electron chi connectivity index (χ2n) is 8.32. The number of ether oxygens (including phenoxy) is 1. The molecule has 0 aromatic rings. The smallest absolute Gasteiger partial charge is 0.0830 e. The molecule has 1 heterocycles. The number of nitrogens with zero attached hydrogens (tertiary/aromatic N) is 1. The molecule has 2 fully saturated rings. The Hall–Kier alpha value is -0.120. The molecule has 3 atom stereocenters. The maximum Gasteiger partial charge on any atom is 0.0830 e. The van der Waals surface area contributed by atoms with Crippen LogP contribution in [-0.4, -0.2) is 41.3 Å². The predicted octanol–water partition coefficient (Wildman–Crippen LogP) is 3.17. The molecule has 2 N–H and O–H groups in total. The predicted molar refractivity (Wildman–Crippen MR) is 84.8 cm³/mol. The molecule has 118 valence electrons. The first-order chi connectivity index (χ1) is 9.13. The fraction of sp³-hybridized carbons (Fsp3) is 1.00. The summed E-state index contributed by atoms with van der Waals surface area (Å²) in [6.07, 6.45) is 6.35. The molecule has 3 heteroatoms. The van der Waals surface area contributed by atoms with Crippen LogP contribution in [0.15, 0.2) is 0 Å². The van der Waals surface area contributed by atoms with Gasteiger partial charge in [0.2, 0.25) is 0 Å². The van der Waals surface area contributed by atoms with E-state index in [-0.39, 0.29) is 16.7 Å². The highest BCUT2D eigenvalue weighted by molar-refractivity contribution is 5.13. The van der Waals surface area contributed by atoms with E-state index >= 15 is 0 Å². The lowest BCUT2D eigenvalue weighted by molar-refractivity contribution is -0.109. The molecule has 1 saturated carbocycles. The third-order valence-corrected chi connectivity index (χ3v) is 5.84. The number of likely N-dealkylation sites (N-methyl/N-ethyl adjacent to an activating group) is 1. The lowest BCUT2D eigenvalue weighted by Gasteiger charge is -2.50. The van der Waals surface area contributed by atoms with Crippen molar-refractivity contribution < 1.29 is 4.74 Å². The van der Waals surface area contributed by atoms with E-state index in [4.69, 9.17) is 10.5 Å². The monoisotopic (exact) mass is 282 g/mol. The quantitative estimate of drug-likeness (QED) is 0.864. The minimum Gasteiger partial charge on any atom is -0.368 e. The normalized spacial score (nSPS) is 40.2. The number of hydrogen-bond donors (Lipinski definition) is 1. The van der Waals surface area contributed by atoms with Crippen molar-refractivity contribution in [3.05, 3.63) is 0 Å². The van der Waals surface area contributed by atoms with Crippen LogP contribution in [0, 0.1) is 5.92 Å². The van der Waals surface area contributed by atoms with Crippen LogP contribution in [0.25, 0.3) is 0 Å². The molecule has 0 aromatic carbocycles. The van der Waals surface area contributed by atoms with Gasteiger partial charge in [0.05, 0.1) is 16.7 Å². The van der Waals surface area contributed by atoms with E-state index in [1.165, 1.54) is 25.7 Å². The van der Waals surface area contributed by atoms with E-state index in [0.717, 1.165) is 12.3 Å². The summed E-state index contributed by atoms with van der Waals surface area (Å²) >= 11 is 0. The number of hydrogen-bond acceptors (Lipinski definition) is 3. The van der Waals surface area contributed by atoms with Gasteiger partial charge < -0.3 is 10.5 Å². The van der Waals surface area contributed by atoms with Crippen LogP contribution >= 0.6 is 0 Å². The highest BCUT2D eigenvalue weighted by Gasteiger charge is 2.59. The fourth-order valence-electron chi connectivity index (χ4n) is 4.85. The molecule has 0 radical (unpaired) electrons. The first-order valence-corrected chi connectivity index (χ1v) is 8.27. The van der Waals surface area contributed by atoms with Crippen molar-refractivity contribution in [3.63, 3.8) is 0 Å². The van der Waals surface area contributed by atoms with E-state index < -0.39 is 0 Å². The maximum atomic E-state index is 6.36. The molecule has 0 aromatic heterocycles. The Morgan fingerprint density at radius 1 is 1.20 bits per heavy atom. The first kappa shape index (κ1) is 16.3. The maximum absolute atomic E-state index is 6.36. The highest BCUT2D eigenvalue weighted by atomic mass is 16.5. The Morgan fingerprint density at radius 2 is 1.85 bits per heavy atom. The Balaban J connectivity index is 2.26. The standard InChI is InChI=1S/C17H34N2O/c1-13-8-7-9-14(10-13)19(6)17(12-18)11-15(2,3)20-16(17,4)5/h13-14H,7-12,18H2,1-6H3. The molecule has 0 spiro atoms. The van der Waals surface area contributed by atoms with Crippen LogP contribution in [0.2, 0.25) is 0 Å². The summed E-state index contributed by atoms with van der Waals surface area (Å²) in [4.78, 5) is 2.58. The van der Waals surface area contributed by atoms with Crippen molar-refractivity contribution in [1.29, 1.82) is 0 Å². The summed E-state index contributed by atoms with van der Waals surface area (Å²) in [5.74, 6) is 0.837.